The van der Waals surface area contributed by atoms with Crippen molar-refractivity contribution in [2.75, 3.05) is 13.6 Å². The Bertz CT molecular complexity index is 656. The van der Waals surface area contributed by atoms with E-state index >= 15 is 0 Å². The number of rotatable bonds is 6. The Labute approximate surface area is 135 Å². The monoisotopic (exact) mass is 313 g/mol. The van der Waals surface area contributed by atoms with E-state index in [9.17, 15) is 9.18 Å². The minimum atomic E-state index is -0.271. The molecule has 2 aromatic rings. The van der Waals surface area contributed by atoms with E-state index in [1.807, 2.05) is 24.1 Å². The molecule has 0 spiro atoms. The Balaban J connectivity index is 1.81. The maximum absolute atomic E-state index is 13.2. The first kappa shape index (κ1) is 15.6. The molecule has 0 bridgehead atoms. The highest BCUT2D eigenvalue weighted by atomic mass is 19.1. The lowest BCUT2D eigenvalue weighted by Crippen LogP contribution is -2.38. The Morgan fingerprint density at radius 2 is 2.04 bits per heavy atom. The second-order valence-electron chi connectivity index (χ2n) is 6.00. The summed E-state index contributed by atoms with van der Waals surface area (Å²) >= 11 is 0. The Morgan fingerprint density at radius 1 is 1.30 bits per heavy atom. The molecule has 3 rings (SSSR count). The van der Waals surface area contributed by atoms with Gasteiger partial charge in [0.25, 0.3) is 0 Å². The Morgan fingerprint density at radius 3 is 2.65 bits per heavy atom. The molecule has 1 unspecified atom stereocenters. The summed E-state index contributed by atoms with van der Waals surface area (Å²) in [5, 5.41) is 3.00. The maximum atomic E-state index is 13.2. The molecule has 120 valence electrons. The van der Waals surface area contributed by atoms with E-state index in [-0.39, 0.29) is 24.3 Å². The van der Waals surface area contributed by atoms with Gasteiger partial charge in [-0.05, 0) is 49.2 Å². The van der Waals surface area contributed by atoms with Crippen molar-refractivity contribution >= 4 is 5.91 Å². The number of carbonyl (C=O) groups is 1. The molecule has 0 saturated heterocycles. The van der Waals surface area contributed by atoms with Crippen LogP contribution in [-0.4, -0.2) is 35.4 Å². The Kier molecular flexibility index (Phi) is 4.67. The van der Waals surface area contributed by atoms with Crippen LogP contribution in [0.15, 0.2) is 48.8 Å². The third-order valence-electron chi connectivity index (χ3n) is 3.96. The molecular formula is C18H20FN3O. The van der Waals surface area contributed by atoms with Crippen LogP contribution < -0.4 is 5.32 Å². The van der Waals surface area contributed by atoms with E-state index in [1.165, 1.54) is 12.1 Å². The lowest BCUT2D eigenvalue weighted by atomic mass is 9.99. The third-order valence-corrected chi connectivity index (χ3v) is 3.96. The second kappa shape index (κ2) is 6.87. The molecule has 1 fully saturated rings. The van der Waals surface area contributed by atoms with Crippen LogP contribution in [0.3, 0.4) is 0 Å². The lowest BCUT2D eigenvalue weighted by Gasteiger charge is -2.28. The molecular weight excluding hydrogens is 293 g/mol. The molecule has 0 aliphatic heterocycles. The van der Waals surface area contributed by atoms with Gasteiger partial charge in [0.2, 0.25) is 5.91 Å². The molecule has 1 aromatic heterocycles. The number of amides is 1. The molecule has 1 aliphatic carbocycles. The van der Waals surface area contributed by atoms with E-state index < -0.39 is 0 Å². The predicted molar refractivity (Wildman–Crippen MR) is 86.3 cm³/mol. The molecule has 4 nitrogen and oxygen atoms in total. The second-order valence-corrected chi connectivity index (χ2v) is 6.00. The highest BCUT2D eigenvalue weighted by Crippen LogP contribution is 2.27. The van der Waals surface area contributed by atoms with E-state index in [1.54, 1.807) is 24.5 Å². The van der Waals surface area contributed by atoms with Crippen molar-refractivity contribution in [2.45, 2.75) is 24.9 Å². The number of carbonyl (C=O) groups excluding carboxylic acids is 1. The van der Waals surface area contributed by atoms with Gasteiger partial charge in [0.05, 0.1) is 12.6 Å². The fourth-order valence-electron chi connectivity index (χ4n) is 2.70. The SMILES string of the molecule is CN(CC(=O)NC1CC1)C(c1ccc(F)cc1)c1cccnc1. The minimum Gasteiger partial charge on any atom is -0.352 e. The summed E-state index contributed by atoms with van der Waals surface area (Å²) in [6.45, 7) is 0.285. The molecule has 1 saturated carbocycles. The van der Waals surface area contributed by atoms with Crippen molar-refractivity contribution in [1.29, 1.82) is 0 Å². The van der Waals surface area contributed by atoms with Crippen LogP contribution in [-0.2, 0) is 4.79 Å². The van der Waals surface area contributed by atoms with Crippen molar-refractivity contribution in [3.05, 3.63) is 65.7 Å². The number of nitrogens with zero attached hydrogens (tertiary/aromatic N) is 2. The summed E-state index contributed by atoms with van der Waals surface area (Å²) in [6.07, 6.45) is 5.63. The van der Waals surface area contributed by atoms with E-state index in [4.69, 9.17) is 0 Å². The number of likely N-dealkylation sites (N-methyl/N-ethyl adjacent to an activating group) is 1. The van der Waals surface area contributed by atoms with Gasteiger partial charge >= 0.3 is 0 Å². The number of hydrogen-bond acceptors (Lipinski definition) is 3. The third kappa shape index (κ3) is 4.13. The average molecular weight is 313 g/mol. The van der Waals surface area contributed by atoms with Crippen molar-refractivity contribution < 1.29 is 9.18 Å². The maximum Gasteiger partial charge on any atom is 0.234 e. The van der Waals surface area contributed by atoms with Crippen LogP contribution in [0.5, 0.6) is 0 Å². The van der Waals surface area contributed by atoms with Gasteiger partial charge in [-0.3, -0.25) is 14.7 Å². The number of halogens is 1. The zero-order valence-electron chi connectivity index (χ0n) is 13.1. The number of benzene rings is 1. The van der Waals surface area contributed by atoms with Crippen LogP contribution in [0.2, 0.25) is 0 Å². The number of hydrogen-bond donors (Lipinski definition) is 1. The zero-order chi connectivity index (χ0) is 16.2. The van der Waals surface area contributed by atoms with Gasteiger partial charge in [0.1, 0.15) is 5.82 Å². The highest BCUT2D eigenvalue weighted by molar-refractivity contribution is 5.78. The molecule has 1 N–H and O–H groups in total. The normalized spacial score (nSPS) is 15.4. The first-order valence-corrected chi connectivity index (χ1v) is 7.78. The quantitative estimate of drug-likeness (QED) is 0.891. The molecule has 5 heteroatoms. The van der Waals surface area contributed by atoms with Gasteiger partial charge in [0.15, 0.2) is 0 Å². The van der Waals surface area contributed by atoms with Crippen molar-refractivity contribution in [3.8, 4) is 0 Å². The van der Waals surface area contributed by atoms with Crippen LogP contribution in [0.4, 0.5) is 4.39 Å². The fourth-order valence-corrected chi connectivity index (χ4v) is 2.70. The molecule has 1 heterocycles. The van der Waals surface area contributed by atoms with Crippen LogP contribution in [0, 0.1) is 5.82 Å². The first-order valence-electron chi connectivity index (χ1n) is 7.78. The van der Waals surface area contributed by atoms with Crippen LogP contribution >= 0.6 is 0 Å². The van der Waals surface area contributed by atoms with Gasteiger partial charge in [-0.15, -0.1) is 0 Å². The van der Waals surface area contributed by atoms with E-state index in [0.29, 0.717) is 6.04 Å². The summed E-state index contributed by atoms with van der Waals surface area (Å²) in [5.74, 6) is -0.251. The summed E-state index contributed by atoms with van der Waals surface area (Å²) < 4.78 is 13.2. The number of aromatic nitrogens is 1. The van der Waals surface area contributed by atoms with E-state index in [2.05, 4.69) is 10.3 Å². The standard InChI is InChI=1S/C18H20FN3O/c1-22(12-17(23)21-16-8-9-16)18(14-3-2-10-20-11-14)13-4-6-15(19)7-5-13/h2-7,10-11,16,18H,8-9,12H2,1H3,(H,21,23). The summed E-state index contributed by atoms with van der Waals surface area (Å²) in [6, 6.07) is 10.4. The average Bonchev–Trinajstić information content (AvgIpc) is 3.34. The van der Waals surface area contributed by atoms with Crippen molar-refractivity contribution in [3.63, 3.8) is 0 Å². The van der Waals surface area contributed by atoms with Crippen molar-refractivity contribution in [1.82, 2.24) is 15.2 Å². The largest absolute Gasteiger partial charge is 0.352 e. The van der Waals surface area contributed by atoms with Gasteiger partial charge in [-0.1, -0.05) is 18.2 Å². The summed E-state index contributed by atoms with van der Waals surface area (Å²) in [4.78, 5) is 18.2. The Hall–Kier alpha value is -2.27. The molecule has 1 amide bonds. The highest BCUT2D eigenvalue weighted by Gasteiger charge is 2.26. The summed E-state index contributed by atoms with van der Waals surface area (Å²) in [7, 11) is 1.90. The molecule has 1 atom stereocenters. The van der Waals surface area contributed by atoms with E-state index in [0.717, 1.165) is 24.0 Å². The minimum absolute atomic E-state index is 0.0194. The fraction of sp³-hybridized carbons (Fsp3) is 0.333. The molecule has 1 aliphatic rings. The number of pyridine rings is 1. The van der Waals surface area contributed by atoms with Gasteiger partial charge in [-0.2, -0.15) is 0 Å². The van der Waals surface area contributed by atoms with Gasteiger partial charge in [-0.25, -0.2) is 4.39 Å². The molecule has 0 radical (unpaired) electrons. The predicted octanol–water partition coefficient (Wildman–Crippen LogP) is 2.52. The first-order chi connectivity index (χ1) is 11.1. The zero-order valence-corrected chi connectivity index (χ0v) is 13.1. The molecule has 23 heavy (non-hydrogen) atoms. The molecule has 1 aromatic carbocycles. The topological polar surface area (TPSA) is 45.2 Å². The smallest absolute Gasteiger partial charge is 0.234 e. The van der Waals surface area contributed by atoms with Gasteiger partial charge in [0, 0.05) is 18.4 Å². The van der Waals surface area contributed by atoms with Crippen LogP contribution in [0.1, 0.15) is 30.0 Å². The van der Waals surface area contributed by atoms with Gasteiger partial charge < -0.3 is 5.32 Å². The van der Waals surface area contributed by atoms with Crippen molar-refractivity contribution in [2.24, 2.45) is 0 Å². The lowest BCUT2D eigenvalue weighted by molar-refractivity contribution is -0.122. The summed E-state index contributed by atoms with van der Waals surface area (Å²) in [5.41, 5.74) is 1.90. The number of nitrogens with one attached hydrogen (secondary N) is 1. The van der Waals surface area contributed by atoms with Crippen LogP contribution in [0.25, 0.3) is 0 Å².